The Bertz CT molecular complexity index is 402. The highest BCUT2D eigenvalue weighted by atomic mass is 16.5. The van der Waals surface area contributed by atoms with Gasteiger partial charge in [0.1, 0.15) is 12.5 Å². The topological polar surface area (TPSA) is 46.6 Å². The molecule has 2 saturated carbocycles. The zero-order valence-electron chi connectivity index (χ0n) is 12.7. The van der Waals surface area contributed by atoms with E-state index in [0.717, 1.165) is 12.8 Å². The highest BCUT2D eigenvalue weighted by molar-refractivity contribution is 6.05. The number of hydrogen-bond acceptors (Lipinski definition) is 4. The first kappa shape index (κ1) is 14.5. The van der Waals surface area contributed by atoms with Crippen molar-refractivity contribution in [3.8, 4) is 0 Å². The summed E-state index contributed by atoms with van der Waals surface area (Å²) >= 11 is 0. The molecule has 0 heterocycles. The summed E-state index contributed by atoms with van der Waals surface area (Å²) in [6.45, 7) is 7.31. The van der Waals surface area contributed by atoms with Crippen molar-refractivity contribution < 1.29 is 14.3 Å². The molecule has 0 aliphatic heterocycles. The van der Waals surface area contributed by atoms with E-state index in [9.17, 15) is 9.59 Å². The number of carbonyl (C=O) groups excluding carboxylic acids is 2. The normalized spacial score (nSPS) is 36.0. The van der Waals surface area contributed by atoms with Crippen molar-refractivity contribution in [2.45, 2.75) is 33.6 Å². The van der Waals surface area contributed by atoms with E-state index in [-0.39, 0.29) is 28.5 Å². The van der Waals surface area contributed by atoms with Crippen LogP contribution >= 0.6 is 0 Å². The molecule has 2 bridgehead atoms. The fourth-order valence-electron chi connectivity index (χ4n) is 3.78. The predicted octanol–water partition coefficient (Wildman–Crippen LogP) is 1.73. The second-order valence-electron chi connectivity index (χ2n) is 7.01. The Kier molecular flexibility index (Phi) is 3.50. The summed E-state index contributed by atoms with van der Waals surface area (Å²) in [5.74, 6) is -0.593. The zero-order chi connectivity index (χ0) is 14.4. The number of fused-ring (bicyclic) bond motifs is 2. The molecular formula is C15H25NO3. The van der Waals surface area contributed by atoms with Crippen molar-refractivity contribution in [2.75, 3.05) is 27.2 Å². The Morgan fingerprint density at radius 2 is 2.00 bits per heavy atom. The average Bonchev–Trinajstić information content (AvgIpc) is 2.60. The third kappa shape index (κ3) is 2.00. The van der Waals surface area contributed by atoms with Crippen LogP contribution in [0, 0.1) is 22.7 Å². The van der Waals surface area contributed by atoms with Crippen LogP contribution < -0.4 is 0 Å². The van der Waals surface area contributed by atoms with E-state index in [2.05, 4.69) is 13.8 Å². The van der Waals surface area contributed by atoms with Gasteiger partial charge in [0, 0.05) is 12.0 Å². The molecule has 4 nitrogen and oxygen atoms in total. The van der Waals surface area contributed by atoms with Gasteiger partial charge in [0.2, 0.25) is 0 Å². The smallest absolute Gasteiger partial charge is 0.316 e. The van der Waals surface area contributed by atoms with Crippen molar-refractivity contribution >= 4 is 11.8 Å². The molecule has 0 amide bonds. The molecule has 0 radical (unpaired) electrons. The third-order valence-electron chi connectivity index (χ3n) is 5.57. The van der Waals surface area contributed by atoms with E-state index in [4.69, 9.17) is 4.74 Å². The highest BCUT2D eigenvalue weighted by Gasteiger charge is 2.68. The fraction of sp³-hybridized carbons (Fsp3) is 0.867. The lowest BCUT2D eigenvalue weighted by molar-refractivity contribution is -0.155. The SMILES string of the molecule is CN(C)CCOC(=O)C1C(=O)C2(C)CCC1C2(C)C. The van der Waals surface area contributed by atoms with E-state index in [1.165, 1.54) is 0 Å². The lowest BCUT2D eigenvalue weighted by Crippen LogP contribution is -2.36. The number of carbonyl (C=O) groups is 2. The fourth-order valence-corrected chi connectivity index (χ4v) is 3.78. The monoisotopic (exact) mass is 267 g/mol. The summed E-state index contributed by atoms with van der Waals surface area (Å²) in [4.78, 5) is 26.7. The summed E-state index contributed by atoms with van der Waals surface area (Å²) in [7, 11) is 3.86. The molecule has 0 aromatic heterocycles. The minimum Gasteiger partial charge on any atom is -0.464 e. The molecule has 4 heteroatoms. The van der Waals surface area contributed by atoms with E-state index < -0.39 is 5.92 Å². The van der Waals surface area contributed by atoms with Crippen LogP contribution in [-0.4, -0.2) is 43.9 Å². The van der Waals surface area contributed by atoms with Gasteiger partial charge in [-0.1, -0.05) is 20.8 Å². The maximum atomic E-state index is 12.5. The van der Waals surface area contributed by atoms with Gasteiger partial charge in [0.25, 0.3) is 0 Å². The molecule has 0 N–H and O–H groups in total. The molecule has 0 aromatic rings. The van der Waals surface area contributed by atoms with E-state index in [1.807, 2.05) is 25.9 Å². The Morgan fingerprint density at radius 1 is 1.37 bits per heavy atom. The molecule has 19 heavy (non-hydrogen) atoms. The maximum absolute atomic E-state index is 12.5. The van der Waals surface area contributed by atoms with Gasteiger partial charge in [-0.15, -0.1) is 0 Å². The number of likely N-dealkylation sites (N-methyl/N-ethyl adjacent to an activating group) is 1. The van der Waals surface area contributed by atoms with Gasteiger partial charge in [-0.2, -0.15) is 0 Å². The molecule has 0 aromatic carbocycles. The Balaban J connectivity index is 2.07. The summed E-state index contributed by atoms with van der Waals surface area (Å²) in [6, 6.07) is 0. The summed E-state index contributed by atoms with van der Waals surface area (Å²) < 4.78 is 5.30. The van der Waals surface area contributed by atoms with Crippen LogP contribution in [0.5, 0.6) is 0 Å². The van der Waals surface area contributed by atoms with E-state index in [0.29, 0.717) is 13.2 Å². The Morgan fingerprint density at radius 3 is 2.47 bits per heavy atom. The van der Waals surface area contributed by atoms with Gasteiger partial charge in [-0.05, 0) is 38.3 Å². The molecular weight excluding hydrogens is 242 g/mol. The number of rotatable bonds is 4. The molecule has 2 aliphatic rings. The number of nitrogens with zero attached hydrogens (tertiary/aromatic N) is 1. The third-order valence-corrected chi connectivity index (χ3v) is 5.57. The Labute approximate surface area is 115 Å². The van der Waals surface area contributed by atoms with E-state index >= 15 is 0 Å². The van der Waals surface area contributed by atoms with Crippen molar-refractivity contribution in [1.29, 1.82) is 0 Å². The number of esters is 1. The van der Waals surface area contributed by atoms with Gasteiger partial charge >= 0.3 is 5.97 Å². The van der Waals surface area contributed by atoms with Crippen LogP contribution in [0.4, 0.5) is 0 Å². The number of Topliss-reactive ketones (excluding diaryl/α,β-unsaturated/α-hetero) is 1. The van der Waals surface area contributed by atoms with Crippen LogP contribution in [0.3, 0.4) is 0 Å². The molecule has 108 valence electrons. The largest absolute Gasteiger partial charge is 0.464 e. The highest BCUT2D eigenvalue weighted by Crippen LogP contribution is 2.65. The molecule has 2 aliphatic carbocycles. The van der Waals surface area contributed by atoms with Crippen LogP contribution in [0.1, 0.15) is 33.6 Å². The molecule has 0 spiro atoms. The first-order valence-electron chi connectivity index (χ1n) is 7.07. The average molecular weight is 267 g/mol. The lowest BCUT2D eigenvalue weighted by Gasteiger charge is -2.32. The number of ether oxygens (including phenoxy) is 1. The lowest BCUT2D eigenvalue weighted by atomic mass is 9.70. The molecule has 3 atom stereocenters. The van der Waals surface area contributed by atoms with Crippen molar-refractivity contribution in [2.24, 2.45) is 22.7 Å². The molecule has 3 unspecified atom stereocenters. The standard InChI is InChI=1S/C15H25NO3/c1-14(2)10-6-7-15(14,3)12(17)11(10)13(18)19-9-8-16(4)5/h10-11H,6-9H2,1-5H3. The second-order valence-corrected chi connectivity index (χ2v) is 7.01. The molecule has 2 fully saturated rings. The van der Waals surface area contributed by atoms with Gasteiger partial charge in [0.15, 0.2) is 5.78 Å². The maximum Gasteiger partial charge on any atom is 0.316 e. The van der Waals surface area contributed by atoms with Gasteiger partial charge in [-0.25, -0.2) is 0 Å². The van der Waals surface area contributed by atoms with Gasteiger partial charge in [-0.3, -0.25) is 9.59 Å². The van der Waals surface area contributed by atoms with Crippen molar-refractivity contribution in [3.63, 3.8) is 0 Å². The number of ketones is 1. The molecule has 0 saturated heterocycles. The predicted molar refractivity (Wildman–Crippen MR) is 72.6 cm³/mol. The first-order valence-corrected chi connectivity index (χ1v) is 7.07. The Hall–Kier alpha value is -0.900. The van der Waals surface area contributed by atoms with Gasteiger partial charge < -0.3 is 9.64 Å². The summed E-state index contributed by atoms with van der Waals surface area (Å²) in [6.07, 6.45) is 1.87. The minimum atomic E-state index is -0.532. The van der Waals surface area contributed by atoms with Crippen molar-refractivity contribution in [3.05, 3.63) is 0 Å². The van der Waals surface area contributed by atoms with Crippen molar-refractivity contribution in [1.82, 2.24) is 4.90 Å². The minimum absolute atomic E-state index is 0.0880. The van der Waals surface area contributed by atoms with Gasteiger partial charge in [0.05, 0.1) is 0 Å². The first-order chi connectivity index (χ1) is 8.72. The quantitative estimate of drug-likeness (QED) is 0.575. The van der Waals surface area contributed by atoms with Crippen LogP contribution in [-0.2, 0) is 14.3 Å². The number of hydrogen-bond donors (Lipinski definition) is 0. The summed E-state index contributed by atoms with van der Waals surface area (Å²) in [5.41, 5.74) is -0.432. The zero-order valence-corrected chi connectivity index (χ0v) is 12.7. The van der Waals surface area contributed by atoms with Crippen LogP contribution in [0.15, 0.2) is 0 Å². The van der Waals surface area contributed by atoms with Crippen LogP contribution in [0.25, 0.3) is 0 Å². The second kappa shape index (κ2) is 4.58. The van der Waals surface area contributed by atoms with Crippen LogP contribution in [0.2, 0.25) is 0 Å². The molecule has 2 rings (SSSR count). The summed E-state index contributed by atoms with van der Waals surface area (Å²) in [5, 5.41) is 0. The van der Waals surface area contributed by atoms with E-state index in [1.54, 1.807) is 0 Å².